The van der Waals surface area contributed by atoms with E-state index in [-0.39, 0.29) is 11.3 Å². The fourth-order valence-electron chi connectivity index (χ4n) is 1.35. The number of carboxylic acids is 1. The lowest BCUT2D eigenvalue weighted by molar-refractivity contribution is -0.189. The minimum Gasteiger partial charge on any atom is -0.480 e. The third-order valence-corrected chi connectivity index (χ3v) is 3.21. The predicted octanol–water partition coefficient (Wildman–Crippen LogP) is 3.83. The molecule has 0 aliphatic carbocycles. The summed E-state index contributed by atoms with van der Waals surface area (Å²) >= 11 is 1.24. The van der Waals surface area contributed by atoms with Crippen molar-refractivity contribution in [3.05, 3.63) is 23.8 Å². The maximum absolute atomic E-state index is 12.4. The fourth-order valence-corrected chi connectivity index (χ4v) is 2.17. The Bertz CT molecular complexity index is 460. The van der Waals surface area contributed by atoms with Crippen LogP contribution in [0.5, 0.6) is 5.75 Å². The molecule has 1 N–H and O–H groups in total. The first-order valence-corrected chi connectivity index (χ1v) is 6.48. The van der Waals surface area contributed by atoms with Gasteiger partial charge in [-0.3, -0.25) is 0 Å². The summed E-state index contributed by atoms with van der Waals surface area (Å²) in [5.41, 5.74) is -0.231. The Morgan fingerprint density at radius 2 is 2.11 bits per heavy atom. The molecule has 0 aliphatic heterocycles. The Morgan fingerprint density at radius 3 is 2.58 bits per heavy atom. The van der Waals surface area contributed by atoms with Crippen molar-refractivity contribution >= 4 is 17.7 Å². The van der Waals surface area contributed by atoms with Crippen molar-refractivity contribution in [2.75, 3.05) is 5.75 Å². The Labute approximate surface area is 112 Å². The number of aromatic carboxylic acids is 1. The van der Waals surface area contributed by atoms with E-state index in [1.807, 2.05) is 6.92 Å². The van der Waals surface area contributed by atoms with Crippen LogP contribution >= 0.6 is 11.8 Å². The smallest absolute Gasteiger partial charge is 0.425 e. The van der Waals surface area contributed by atoms with Gasteiger partial charge in [-0.05, 0) is 24.8 Å². The maximum atomic E-state index is 12.4. The van der Waals surface area contributed by atoms with Crippen molar-refractivity contribution in [2.24, 2.45) is 0 Å². The second-order valence-electron chi connectivity index (χ2n) is 3.67. The molecule has 0 spiro atoms. The Hall–Kier alpha value is -1.37. The number of carbonyl (C=O) groups is 1. The molecule has 0 saturated heterocycles. The zero-order valence-electron chi connectivity index (χ0n) is 10.3. The predicted molar refractivity (Wildman–Crippen MR) is 65.9 cm³/mol. The maximum Gasteiger partial charge on any atom is 0.425 e. The highest BCUT2D eigenvalue weighted by Crippen LogP contribution is 2.33. The Kier molecular flexibility index (Phi) is 5.11. The Balaban J connectivity index is 3.13. The number of hydrogen-bond donors (Lipinski definition) is 1. The average molecular weight is 294 g/mol. The highest BCUT2D eigenvalue weighted by molar-refractivity contribution is 7.99. The van der Waals surface area contributed by atoms with E-state index in [9.17, 15) is 18.0 Å². The van der Waals surface area contributed by atoms with Crippen LogP contribution in [0.1, 0.15) is 24.2 Å². The van der Waals surface area contributed by atoms with Gasteiger partial charge in [0.15, 0.2) is 6.10 Å². The molecule has 0 fully saturated rings. The van der Waals surface area contributed by atoms with Crippen molar-refractivity contribution in [3.8, 4) is 5.75 Å². The molecule has 0 radical (unpaired) electrons. The number of halogens is 3. The molecule has 1 unspecified atom stereocenters. The van der Waals surface area contributed by atoms with Crippen molar-refractivity contribution in [1.82, 2.24) is 0 Å². The average Bonchev–Trinajstić information content (AvgIpc) is 2.27. The van der Waals surface area contributed by atoms with E-state index in [1.54, 1.807) is 6.07 Å². The number of thioether (sulfide) groups is 1. The van der Waals surface area contributed by atoms with E-state index in [0.29, 0.717) is 10.6 Å². The quantitative estimate of drug-likeness (QED) is 0.838. The van der Waals surface area contributed by atoms with Gasteiger partial charge in [0.05, 0.1) is 0 Å². The molecule has 1 aromatic rings. The molecule has 7 heteroatoms. The van der Waals surface area contributed by atoms with Gasteiger partial charge in [-0.2, -0.15) is 13.2 Å². The molecule has 0 heterocycles. The number of rotatable bonds is 5. The highest BCUT2D eigenvalue weighted by atomic mass is 32.2. The minimum atomic E-state index is -4.54. The van der Waals surface area contributed by atoms with E-state index in [2.05, 4.69) is 0 Å². The van der Waals surface area contributed by atoms with E-state index in [1.165, 1.54) is 23.9 Å². The molecular weight excluding hydrogens is 281 g/mol. The van der Waals surface area contributed by atoms with Gasteiger partial charge in [-0.25, -0.2) is 4.79 Å². The molecule has 0 aliphatic rings. The van der Waals surface area contributed by atoms with Gasteiger partial charge in [0.25, 0.3) is 0 Å². The number of carboxylic acid groups (broad SMARTS) is 1. The molecule has 1 atom stereocenters. The van der Waals surface area contributed by atoms with Gasteiger partial charge < -0.3 is 9.84 Å². The number of benzene rings is 1. The second-order valence-corrected chi connectivity index (χ2v) is 4.97. The van der Waals surface area contributed by atoms with Crippen LogP contribution in [-0.4, -0.2) is 29.1 Å². The standard InChI is InChI=1S/C12H13F3O3S/c1-3-19-9-6-4-5-8(10(9)11(16)17)18-7(2)12(13,14)15/h4-7H,3H2,1-2H3,(H,16,17). The summed E-state index contributed by atoms with van der Waals surface area (Å²) in [6.07, 6.45) is -6.60. The second kappa shape index (κ2) is 6.18. The van der Waals surface area contributed by atoms with Crippen LogP contribution in [0.4, 0.5) is 13.2 Å². The minimum absolute atomic E-state index is 0.231. The van der Waals surface area contributed by atoms with E-state index in [4.69, 9.17) is 9.84 Å². The summed E-state index contributed by atoms with van der Waals surface area (Å²) in [6.45, 7) is 2.66. The third kappa shape index (κ3) is 4.05. The van der Waals surface area contributed by atoms with Crippen LogP contribution in [0.3, 0.4) is 0 Å². The van der Waals surface area contributed by atoms with Crippen molar-refractivity contribution < 1.29 is 27.8 Å². The molecule has 3 nitrogen and oxygen atoms in total. The van der Waals surface area contributed by atoms with Crippen molar-refractivity contribution in [3.63, 3.8) is 0 Å². The third-order valence-electron chi connectivity index (χ3n) is 2.27. The van der Waals surface area contributed by atoms with Crippen molar-refractivity contribution in [1.29, 1.82) is 0 Å². The fraction of sp³-hybridized carbons (Fsp3) is 0.417. The first-order valence-electron chi connectivity index (χ1n) is 5.49. The van der Waals surface area contributed by atoms with Crippen LogP contribution in [0, 0.1) is 0 Å². The molecule has 19 heavy (non-hydrogen) atoms. The van der Waals surface area contributed by atoms with E-state index >= 15 is 0 Å². The van der Waals surface area contributed by atoms with Crippen LogP contribution in [0.2, 0.25) is 0 Å². The van der Waals surface area contributed by atoms with E-state index < -0.39 is 18.2 Å². The lowest BCUT2D eigenvalue weighted by Gasteiger charge is -2.19. The monoisotopic (exact) mass is 294 g/mol. The first-order chi connectivity index (χ1) is 8.77. The van der Waals surface area contributed by atoms with Crippen molar-refractivity contribution in [2.45, 2.75) is 31.0 Å². The number of hydrogen-bond acceptors (Lipinski definition) is 3. The molecule has 0 bridgehead atoms. The highest BCUT2D eigenvalue weighted by Gasteiger charge is 2.38. The first kappa shape index (κ1) is 15.7. The molecule has 0 aromatic heterocycles. The van der Waals surface area contributed by atoms with Crippen LogP contribution in [0.15, 0.2) is 23.1 Å². The Morgan fingerprint density at radius 1 is 1.47 bits per heavy atom. The summed E-state index contributed by atoms with van der Waals surface area (Å²) in [4.78, 5) is 11.6. The number of alkyl halides is 3. The summed E-state index contributed by atoms with van der Waals surface area (Å²) in [7, 11) is 0. The van der Waals surface area contributed by atoms with Crippen LogP contribution < -0.4 is 4.74 Å². The lowest BCUT2D eigenvalue weighted by Crippen LogP contribution is -2.31. The summed E-state index contributed by atoms with van der Waals surface area (Å²) in [6, 6.07) is 4.25. The molecule has 0 saturated carbocycles. The normalized spacial score (nSPS) is 13.1. The van der Waals surface area contributed by atoms with Crippen LogP contribution in [-0.2, 0) is 0 Å². The lowest BCUT2D eigenvalue weighted by atomic mass is 10.2. The zero-order valence-corrected chi connectivity index (χ0v) is 11.1. The topological polar surface area (TPSA) is 46.5 Å². The van der Waals surface area contributed by atoms with Gasteiger partial charge >= 0.3 is 12.1 Å². The number of ether oxygens (including phenoxy) is 1. The molecular formula is C12H13F3O3S. The van der Waals surface area contributed by atoms with Gasteiger partial charge in [-0.1, -0.05) is 13.0 Å². The van der Waals surface area contributed by atoms with Gasteiger partial charge in [-0.15, -0.1) is 11.8 Å². The van der Waals surface area contributed by atoms with Gasteiger partial charge in [0.1, 0.15) is 11.3 Å². The SMILES string of the molecule is CCSc1cccc(OC(C)C(F)(F)F)c1C(=O)O. The molecule has 0 amide bonds. The molecule has 1 rings (SSSR count). The summed E-state index contributed by atoms with van der Waals surface area (Å²) in [5, 5.41) is 9.11. The van der Waals surface area contributed by atoms with Gasteiger partial charge in [0, 0.05) is 4.90 Å². The van der Waals surface area contributed by atoms with Crippen LogP contribution in [0.25, 0.3) is 0 Å². The molecule has 106 valence electrons. The molecule has 1 aromatic carbocycles. The largest absolute Gasteiger partial charge is 0.480 e. The van der Waals surface area contributed by atoms with Gasteiger partial charge in [0.2, 0.25) is 0 Å². The van der Waals surface area contributed by atoms with E-state index in [0.717, 1.165) is 6.92 Å². The summed E-state index contributed by atoms with van der Waals surface area (Å²) in [5.74, 6) is -0.963. The summed E-state index contributed by atoms with van der Waals surface area (Å²) < 4.78 is 42.1. The zero-order chi connectivity index (χ0) is 14.6.